The van der Waals surface area contributed by atoms with Crippen molar-refractivity contribution in [3.63, 3.8) is 0 Å². The third-order valence-electron chi connectivity index (χ3n) is 18.5. The van der Waals surface area contributed by atoms with E-state index < -0.39 is 275 Å². The Kier molecular flexibility index (Phi) is 78.7. The summed E-state index contributed by atoms with van der Waals surface area (Å²) < 4.78 is 91.2. The summed E-state index contributed by atoms with van der Waals surface area (Å²) >= 11 is 0. The summed E-state index contributed by atoms with van der Waals surface area (Å²) in [6.07, 6.45) is 3.23. The molecule has 0 heterocycles. The molecule has 45 heteroatoms. The van der Waals surface area contributed by atoms with Gasteiger partial charge >= 0.3 is 101 Å². The number of carbonyl (C=O) groups is 26. The first-order chi connectivity index (χ1) is 64.7. The Morgan fingerprint density at radius 1 is 0.263 bits per heavy atom. The average molecular weight is 2180 g/mol. The summed E-state index contributed by atoms with van der Waals surface area (Å²) in [6.45, 7) is 18.9. The van der Waals surface area contributed by atoms with E-state index >= 15 is 0 Å². The smallest absolute Gasteiger partial charge is 0.330 e. The minimum absolute atomic E-state index is 0. The van der Waals surface area contributed by atoms with Crippen molar-refractivity contribution in [1.29, 1.82) is 1.34 Å². The number of carbonyl (C=O) groups excluding carboxylic acids is 26. The number of Topliss-reactive ketones (excluding diaryl/α,β-unsaturated/α-hetero) is 9. The zero-order chi connectivity index (χ0) is 105. The van der Waals surface area contributed by atoms with E-state index in [0.717, 1.165) is 79.4 Å². The van der Waals surface area contributed by atoms with Crippen LogP contribution in [-0.4, -0.2) is 268 Å². The fourth-order valence-electron chi connectivity index (χ4n) is 10.5. The number of esters is 17. The van der Waals surface area contributed by atoms with Crippen LogP contribution >= 0.6 is 0 Å². The van der Waals surface area contributed by atoms with Crippen LogP contribution in [0.3, 0.4) is 0 Å². The van der Waals surface area contributed by atoms with Crippen LogP contribution in [0.5, 0.6) is 0 Å². The average Bonchev–Trinajstić information content (AvgIpc) is 0.879. The molecular formula is C92H135BO43U. The summed E-state index contributed by atoms with van der Waals surface area (Å²) in [5, 5.41) is 0. The van der Waals surface area contributed by atoms with Crippen LogP contribution < -0.4 is 0 Å². The van der Waals surface area contributed by atoms with Crippen molar-refractivity contribution in [3.05, 3.63) is 25.3 Å². The molecule has 0 aliphatic rings. The molecule has 0 rings (SSSR count). The monoisotopic (exact) mass is 2180 g/mol. The zero-order valence-corrected chi connectivity index (χ0v) is 84.8. The first kappa shape index (κ1) is 132. The topological polar surface area (TPSA) is 601 Å². The van der Waals surface area contributed by atoms with Crippen molar-refractivity contribution >= 4 is 162 Å². The van der Waals surface area contributed by atoms with Gasteiger partial charge in [-0.3, -0.25) is 115 Å². The van der Waals surface area contributed by atoms with Gasteiger partial charge in [-0.15, -0.1) is 0 Å². The van der Waals surface area contributed by atoms with Gasteiger partial charge in [-0.25, -0.2) is 9.59 Å². The molecule has 0 spiro atoms. The maximum absolute atomic E-state index is 13.4. The number of hydrogen-bond acceptors (Lipinski definition) is 43. The second-order valence-corrected chi connectivity index (χ2v) is 30.7. The molecule has 0 aromatic carbocycles. The van der Waals surface area contributed by atoms with Crippen LogP contribution in [0.2, 0.25) is 0 Å². The van der Waals surface area contributed by atoms with Gasteiger partial charge in [-0.1, -0.05) is 27.0 Å². The molecule has 0 saturated carbocycles. The Morgan fingerprint density at radius 2 is 0.489 bits per heavy atom. The van der Waals surface area contributed by atoms with Gasteiger partial charge in [0.2, 0.25) is 6.79 Å². The van der Waals surface area contributed by atoms with Crippen LogP contribution in [0.1, 0.15) is 263 Å². The van der Waals surface area contributed by atoms with E-state index in [-0.39, 0.29) is 107 Å². The van der Waals surface area contributed by atoms with E-state index in [1.165, 1.54) is 34.6 Å². The maximum Gasteiger partial charge on any atom is 0.330 e. The molecule has 8 unspecified atom stereocenters. The maximum atomic E-state index is 13.4. The van der Waals surface area contributed by atoms with Crippen LogP contribution in [0, 0.1) is 66.6 Å². The summed E-state index contributed by atoms with van der Waals surface area (Å²) in [7, 11) is 3.75. The molecule has 0 aliphatic carbocycles. The quantitative estimate of drug-likeness (QED) is 0.0118. The second kappa shape index (κ2) is 81.8. The molecular weight excluding hydrogens is 2040 g/mol. The first-order valence-electron chi connectivity index (χ1n) is 44.9. The first-order valence-corrected chi connectivity index (χ1v) is 44.3. The Labute approximate surface area is 823 Å². The van der Waals surface area contributed by atoms with Gasteiger partial charge < -0.3 is 80.5 Å². The van der Waals surface area contributed by atoms with Crippen LogP contribution in [0.15, 0.2) is 25.3 Å². The van der Waals surface area contributed by atoms with Crippen LogP contribution in [0.25, 0.3) is 0 Å². The van der Waals surface area contributed by atoms with Crippen molar-refractivity contribution in [2.24, 2.45) is 35.5 Å². The molecule has 0 aromatic rings. The Balaban J connectivity index is -0.00000112. The SMILES string of the molecule is C=CC(=O)OCCCCCCOC(=O)C=C.CC(=O)CC(=O)OCC(COC(=O)CC(C)=O)OC(=O)CC(C)=O.CCCC(=O)OCCCCCCOC(=O)CCC(C(C)=O)C(=O)OCC(COC(=O)C(C)C(C)=O)OC(=O)C(CCC(=O)OCOC(=O)CCC(C(C)=O)C(=O)OC(COC(=O)C(C)C(C)=O)COC(=O)C(CCC(=O)OCCCCCCOC(=O)CCC)C(C)=O)C(C)=O.[2H][B].[U]. The molecule has 0 fully saturated rings. The van der Waals surface area contributed by atoms with Gasteiger partial charge in [0.05, 0.1) is 39.6 Å². The summed E-state index contributed by atoms with van der Waals surface area (Å²) in [5.41, 5.74) is 0. The van der Waals surface area contributed by atoms with E-state index in [4.69, 9.17) is 81.9 Å². The fraction of sp³-hybridized carbons (Fsp3) is 0.674. The fourth-order valence-corrected chi connectivity index (χ4v) is 10.5. The van der Waals surface area contributed by atoms with Gasteiger partial charge in [0.1, 0.15) is 146 Å². The van der Waals surface area contributed by atoms with Gasteiger partial charge in [-0.05, 0) is 193 Å². The van der Waals surface area contributed by atoms with Crippen molar-refractivity contribution in [2.45, 2.75) is 282 Å². The van der Waals surface area contributed by atoms with Crippen LogP contribution in [0.4, 0.5) is 0 Å². The number of rotatable bonds is 74. The number of unbranched alkanes of at least 4 members (excludes halogenated alkanes) is 9. The standard InChI is InChI=1S/C65H96O30.C15H20O9.C12H18O4.BH.U/c1-11-21-54(72)84-31-17-13-15-19-33-86-56(74)27-23-50(44(7)68)62(80)90-37-48(35-88-60(78)40(3)42(5)66)94-64(82)52(46(9)70)25-29-58(76)92-39-93-59(77)30-26-53(47(10)71)65(83)95-49(36-89-61(79)41(4)43(6)67)38-91-63(81)51(45(8)69)24-28-57(75)87-34-20-16-14-18-32-85-55(73)22-12-2;1-9(16)4-13(19)22-7-12(24-15(21)6-11(3)18)8-23-14(20)5-10(2)17;1-3-11(13)15-9-7-5-6-8-10-16-12(14)4-2;;/h40-41,48-53H,11-39H2,1-10H3;12H,4-8H2,1-3H3;3-4H,1-2,5-10H2;1H;/i;;;1D;. The molecule has 0 amide bonds. The molecule has 768 valence electrons. The van der Waals surface area contributed by atoms with E-state index in [9.17, 15) is 125 Å². The summed E-state index contributed by atoms with van der Waals surface area (Å²) in [4.78, 5) is 314. The third kappa shape index (κ3) is 73.5. The van der Waals surface area contributed by atoms with Gasteiger partial charge in [0.25, 0.3) is 0 Å². The van der Waals surface area contributed by atoms with E-state index in [0.29, 0.717) is 90.3 Å². The molecule has 0 N–H and O–H groups in total. The molecule has 8 atom stereocenters. The predicted molar refractivity (Wildman–Crippen MR) is 470 cm³/mol. The summed E-state index contributed by atoms with van der Waals surface area (Å²) in [5.74, 6) is -28.8. The van der Waals surface area contributed by atoms with E-state index in [2.05, 4.69) is 21.5 Å². The molecule has 137 heavy (non-hydrogen) atoms. The van der Waals surface area contributed by atoms with Gasteiger partial charge in [0.15, 0.2) is 18.3 Å². The molecule has 43 nitrogen and oxygen atoms in total. The minimum Gasteiger partial charge on any atom is -0.466 e. The normalized spacial score (nSPS) is 12.1. The molecule has 0 aliphatic heterocycles. The molecule has 0 aromatic heterocycles. The van der Waals surface area contributed by atoms with Crippen molar-refractivity contribution in [2.75, 3.05) is 86.1 Å². The predicted octanol–water partition coefficient (Wildman–Crippen LogP) is 6.59. The van der Waals surface area contributed by atoms with E-state index in [1.807, 2.05) is 13.8 Å². The van der Waals surface area contributed by atoms with Crippen molar-refractivity contribution in [3.8, 4) is 0 Å². The Hall–Kier alpha value is -11.4. The van der Waals surface area contributed by atoms with Crippen molar-refractivity contribution in [1.82, 2.24) is 0 Å². The zero-order valence-electron chi connectivity index (χ0n) is 81.7. The van der Waals surface area contributed by atoms with Gasteiger partial charge in [0, 0.05) is 90.2 Å². The largest absolute Gasteiger partial charge is 0.466 e. The molecule has 2 radical (unpaired) electrons. The molecule has 0 saturated heterocycles. The Morgan fingerprint density at radius 3 is 0.737 bits per heavy atom. The minimum atomic E-state index is -1.69. The van der Waals surface area contributed by atoms with Gasteiger partial charge in [-0.2, -0.15) is 0 Å². The summed E-state index contributed by atoms with van der Waals surface area (Å²) in [6, 6.07) is 0. The number of ether oxygens (including phenoxy) is 17. The third-order valence-corrected chi connectivity index (χ3v) is 18.5. The molecule has 0 bridgehead atoms. The van der Waals surface area contributed by atoms with Crippen LogP contribution in [-0.2, 0) is 205 Å². The number of hydrogen-bond donors (Lipinski definition) is 0. The van der Waals surface area contributed by atoms with Crippen molar-refractivity contribution < 1.29 is 236 Å². The second-order valence-electron chi connectivity index (χ2n) is 30.7. The number of ketones is 9. The van der Waals surface area contributed by atoms with E-state index in [1.54, 1.807) is 0 Å². The Bertz CT molecular complexity index is 3720.